The summed E-state index contributed by atoms with van der Waals surface area (Å²) in [5, 5.41) is 18.7. The Labute approximate surface area is 183 Å². The van der Waals surface area contributed by atoms with Crippen LogP contribution in [-0.4, -0.2) is 31.4 Å². The SMILES string of the molecule is O=C(O)Nc1nc2cc(-c3cc(Cc4n[nH]c(=O)c5ccccc45)ccc3F)c(F)cc2[nH]1. The highest BCUT2D eigenvalue weighted by molar-refractivity contribution is 5.88. The zero-order valence-electron chi connectivity index (χ0n) is 16.8. The quantitative estimate of drug-likeness (QED) is 0.325. The van der Waals surface area contributed by atoms with E-state index >= 15 is 0 Å². The summed E-state index contributed by atoms with van der Waals surface area (Å²) in [6.07, 6.45) is -1.04. The summed E-state index contributed by atoms with van der Waals surface area (Å²) in [6.45, 7) is 0. The van der Waals surface area contributed by atoms with E-state index < -0.39 is 17.7 Å². The van der Waals surface area contributed by atoms with Crippen LogP contribution in [0, 0.1) is 11.6 Å². The van der Waals surface area contributed by atoms with E-state index in [-0.39, 0.29) is 40.1 Å². The fourth-order valence-electron chi connectivity index (χ4n) is 3.79. The van der Waals surface area contributed by atoms with Gasteiger partial charge < -0.3 is 10.1 Å². The number of aromatic nitrogens is 4. The summed E-state index contributed by atoms with van der Waals surface area (Å²) in [7, 11) is 0. The van der Waals surface area contributed by atoms with Gasteiger partial charge in [0.2, 0.25) is 5.95 Å². The van der Waals surface area contributed by atoms with Crippen LogP contribution in [0.2, 0.25) is 0 Å². The van der Waals surface area contributed by atoms with Crippen LogP contribution in [0.3, 0.4) is 0 Å². The molecule has 0 spiro atoms. The number of H-pyrrole nitrogens is 2. The molecule has 33 heavy (non-hydrogen) atoms. The molecule has 0 aliphatic rings. The monoisotopic (exact) mass is 447 g/mol. The van der Waals surface area contributed by atoms with Crippen molar-refractivity contribution in [3.63, 3.8) is 0 Å². The molecule has 0 fully saturated rings. The van der Waals surface area contributed by atoms with Crippen molar-refractivity contribution >= 4 is 33.8 Å². The van der Waals surface area contributed by atoms with Crippen LogP contribution in [0.5, 0.6) is 0 Å². The molecule has 8 nitrogen and oxygen atoms in total. The molecule has 0 saturated heterocycles. The molecule has 0 bridgehead atoms. The maximum absolute atomic E-state index is 14.9. The number of imidazole rings is 1. The molecule has 4 N–H and O–H groups in total. The van der Waals surface area contributed by atoms with Crippen molar-refractivity contribution in [2.75, 3.05) is 5.32 Å². The minimum Gasteiger partial charge on any atom is -0.465 e. The Morgan fingerprint density at radius 3 is 2.55 bits per heavy atom. The summed E-state index contributed by atoms with van der Waals surface area (Å²) in [4.78, 5) is 29.5. The first-order valence-corrected chi connectivity index (χ1v) is 9.83. The van der Waals surface area contributed by atoms with E-state index in [2.05, 4.69) is 25.5 Å². The smallest absolute Gasteiger partial charge is 0.411 e. The summed E-state index contributed by atoms with van der Waals surface area (Å²) >= 11 is 0. The van der Waals surface area contributed by atoms with Gasteiger partial charge in [-0.05, 0) is 29.8 Å². The summed E-state index contributed by atoms with van der Waals surface area (Å²) in [5.74, 6) is -1.40. The highest BCUT2D eigenvalue weighted by Gasteiger charge is 2.16. The van der Waals surface area contributed by atoms with E-state index in [0.29, 0.717) is 22.0 Å². The van der Waals surface area contributed by atoms with E-state index in [9.17, 15) is 18.4 Å². The third kappa shape index (κ3) is 3.78. The van der Waals surface area contributed by atoms with Gasteiger partial charge in [0.15, 0.2) is 0 Å². The van der Waals surface area contributed by atoms with Crippen molar-refractivity contribution in [2.24, 2.45) is 0 Å². The van der Waals surface area contributed by atoms with Crippen molar-refractivity contribution in [2.45, 2.75) is 6.42 Å². The normalized spacial score (nSPS) is 11.2. The van der Waals surface area contributed by atoms with Crippen molar-refractivity contribution in [3.8, 4) is 11.1 Å². The van der Waals surface area contributed by atoms with Gasteiger partial charge >= 0.3 is 6.09 Å². The van der Waals surface area contributed by atoms with Gasteiger partial charge in [-0.25, -0.2) is 23.7 Å². The first kappa shape index (κ1) is 20.3. The molecule has 0 aliphatic carbocycles. The van der Waals surface area contributed by atoms with E-state index in [1.165, 1.54) is 18.2 Å². The molecule has 5 aromatic rings. The number of amides is 1. The summed E-state index contributed by atoms with van der Waals surface area (Å²) in [6, 6.07) is 13.8. The number of carbonyl (C=O) groups is 1. The average molecular weight is 447 g/mol. The molecular weight excluding hydrogens is 432 g/mol. The second kappa shape index (κ2) is 7.83. The number of nitrogens with one attached hydrogen (secondary N) is 3. The number of nitrogens with zero attached hydrogens (tertiary/aromatic N) is 2. The summed E-state index contributed by atoms with van der Waals surface area (Å²) < 4.78 is 29.6. The molecule has 0 aliphatic heterocycles. The molecule has 0 radical (unpaired) electrons. The minimum absolute atomic E-state index is 0.0190. The van der Waals surface area contributed by atoms with E-state index in [1.807, 2.05) is 0 Å². The van der Waals surface area contributed by atoms with Crippen LogP contribution in [0.4, 0.5) is 19.5 Å². The number of halogens is 2. The second-order valence-electron chi connectivity index (χ2n) is 7.40. The number of aromatic amines is 2. The number of anilines is 1. The van der Waals surface area contributed by atoms with Crippen LogP contribution < -0.4 is 10.9 Å². The van der Waals surface area contributed by atoms with Gasteiger partial charge in [0.1, 0.15) is 11.6 Å². The maximum atomic E-state index is 14.9. The molecule has 0 unspecified atom stereocenters. The number of carboxylic acid groups (broad SMARTS) is 1. The predicted octanol–water partition coefficient (Wildman–Crippen LogP) is 4.43. The average Bonchev–Trinajstić information content (AvgIpc) is 3.17. The Morgan fingerprint density at radius 2 is 1.76 bits per heavy atom. The van der Waals surface area contributed by atoms with E-state index in [4.69, 9.17) is 5.11 Å². The van der Waals surface area contributed by atoms with Crippen LogP contribution in [-0.2, 0) is 6.42 Å². The number of rotatable bonds is 4. The Balaban J connectivity index is 1.56. The Hall–Kier alpha value is -4.60. The molecule has 0 saturated carbocycles. The maximum Gasteiger partial charge on any atom is 0.411 e. The molecule has 3 aromatic carbocycles. The molecular formula is C23H15F2N5O3. The highest BCUT2D eigenvalue weighted by Crippen LogP contribution is 2.31. The lowest BCUT2D eigenvalue weighted by molar-refractivity contribution is 0.209. The van der Waals surface area contributed by atoms with Crippen molar-refractivity contribution in [3.05, 3.63) is 87.8 Å². The fourth-order valence-corrected chi connectivity index (χ4v) is 3.79. The largest absolute Gasteiger partial charge is 0.465 e. The lowest BCUT2D eigenvalue weighted by Gasteiger charge is -2.09. The second-order valence-corrected chi connectivity index (χ2v) is 7.40. The zero-order chi connectivity index (χ0) is 23.1. The Bertz CT molecular complexity index is 1610. The lowest BCUT2D eigenvalue weighted by atomic mass is 9.98. The lowest BCUT2D eigenvalue weighted by Crippen LogP contribution is -2.11. The third-order valence-electron chi connectivity index (χ3n) is 5.26. The topological polar surface area (TPSA) is 124 Å². The Kier molecular flexibility index (Phi) is 4.82. The van der Waals surface area contributed by atoms with Gasteiger partial charge in [0, 0.05) is 29.0 Å². The highest BCUT2D eigenvalue weighted by atomic mass is 19.1. The molecule has 5 rings (SSSR count). The first-order valence-electron chi connectivity index (χ1n) is 9.83. The van der Waals surface area contributed by atoms with Gasteiger partial charge in [-0.2, -0.15) is 5.10 Å². The van der Waals surface area contributed by atoms with Gasteiger partial charge in [-0.1, -0.05) is 24.3 Å². The molecule has 164 valence electrons. The number of benzene rings is 3. The molecule has 2 aromatic heterocycles. The summed E-state index contributed by atoms with van der Waals surface area (Å²) in [5.41, 5.74) is 1.49. The van der Waals surface area contributed by atoms with Crippen molar-refractivity contribution in [1.29, 1.82) is 0 Å². The van der Waals surface area contributed by atoms with Crippen molar-refractivity contribution < 1.29 is 18.7 Å². The van der Waals surface area contributed by atoms with Crippen molar-refractivity contribution in [1.82, 2.24) is 20.2 Å². The fraction of sp³-hybridized carbons (Fsp3) is 0.0435. The minimum atomic E-state index is -1.32. The molecule has 1 amide bonds. The first-order chi connectivity index (χ1) is 15.9. The van der Waals surface area contributed by atoms with Gasteiger partial charge in [0.25, 0.3) is 5.56 Å². The standard InChI is InChI=1S/C23H15F2N5O3/c24-16-6-5-11(8-18-12-3-1-2-4-13(12)21(31)30-29-18)7-14(16)15-9-19-20(10-17(15)25)27-22(26-19)28-23(32)33/h1-7,9-10H,8H2,(H,30,31)(H,32,33)(H2,26,27,28). The van der Waals surface area contributed by atoms with Crippen LogP contribution in [0.15, 0.2) is 59.4 Å². The molecule has 2 heterocycles. The molecule has 0 atom stereocenters. The zero-order valence-corrected chi connectivity index (χ0v) is 16.8. The van der Waals surface area contributed by atoms with Crippen LogP contribution in [0.25, 0.3) is 32.9 Å². The predicted molar refractivity (Wildman–Crippen MR) is 118 cm³/mol. The van der Waals surface area contributed by atoms with Gasteiger partial charge in [-0.15, -0.1) is 0 Å². The van der Waals surface area contributed by atoms with Gasteiger partial charge in [0.05, 0.1) is 22.1 Å². The van der Waals surface area contributed by atoms with Gasteiger partial charge in [-0.3, -0.25) is 10.1 Å². The van der Waals surface area contributed by atoms with E-state index in [1.54, 1.807) is 30.3 Å². The van der Waals surface area contributed by atoms with Crippen LogP contribution in [0.1, 0.15) is 11.3 Å². The number of hydrogen-bond donors (Lipinski definition) is 4. The van der Waals surface area contributed by atoms with Crippen LogP contribution >= 0.6 is 0 Å². The Morgan fingerprint density at radius 1 is 1.00 bits per heavy atom. The number of hydrogen-bond acceptors (Lipinski definition) is 4. The molecule has 10 heteroatoms. The number of fused-ring (bicyclic) bond motifs is 2. The third-order valence-corrected chi connectivity index (χ3v) is 5.26. The van der Waals surface area contributed by atoms with E-state index in [0.717, 1.165) is 6.07 Å².